The highest BCUT2D eigenvalue weighted by Crippen LogP contribution is 2.36. The molecule has 2 aromatic rings. The summed E-state index contributed by atoms with van der Waals surface area (Å²) in [4.78, 5) is 6.94. The fraction of sp³-hybridized carbons (Fsp3) is 0.450. The predicted molar refractivity (Wildman–Crippen MR) is 102 cm³/mol. The maximum atomic E-state index is 7.00. The van der Waals surface area contributed by atoms with E-state index in [0.29, 0.717) is 17.8 Å². The Morgan fingerprint density at radius 2 is 2.00 bits per heavy atom. The molecule has 1 N–H and O–H groups in total. The second-order valence-electron chi connectivity index (χ2n) is 6.41. The number of anilines is 1. The zero-order valence-electron chi connectivity index (χ0n) is 14.7. The standard InChI is InChI=1S/C19H23ClN2.CH4O/c1-14-9-11-22(19-8-3-4-10-21-19)13-18(14)15(2)16-6-5-7-17(20)12-16;1-2/h3-8,10,12,14-15,18H,9,11,13H2,1-2H3;2H,1H3. The van der Waals surface area contributed by atoms with E-state index in [4.69, 9.17) is 16.7 Å². The van der Waals surface area contributed by atoms with Crippen LogP contribution in [0.1, 0.15) is 31.7 Å². The Hall–Kier alpha value is -1.58. The molecular weight excluding hydrogens is 320 g/mol. The number of aliphatic hydroxyl groups is 1. The summed E-state index contributed by atoms with van der Waals surface area (Å²) in [7, 11) is 1.00. The van der Waals surface area contributed by atoms with E-state index in [1.54, 1.807) is 0 Å². The number of hydrogen-bond donors (Lipinski definition) is 1. The Morgan fingerprint density at radius 3 is 2.67 bits per heavy atom. The third-order valence-electron chi connectivity index (χ3n) is 5.01. The molecule has 0 radical (unpaired) electrons. The average molecular weight is 347 g/mol. The van der Waals surface area contributed by atoms with Gasteiger partial charge in [0, 0.05) is 31.4 Å². The van der Waals surface area contributed by atoms with E-state index >= 15 is 0 Å². The first-order chi connectivity index (χ1) is 11.6. The van der Waals surface area contributed by atoms with Gasteiger partial charge in [0.1, 0.15) is 5.82 Å². The number of aliphatic hydroxyl groups excluding tert-OH is 1. The van der Waals surface area contributed by atoms with E-state index < -0.39 is 0 Å². The van der Waals surface area contributed by atoms with Crippen molar-refractivity contribution >= 4 is 17.4 Å². The molecule has 1 aromatic carbocycles. The summed E-state index contributed by atoms with van der Waals surface area (Å²) >= 11 is 6.17. The second kappa shape index (κ2) is 9.05. The molecule has 1 aliphatic heterocycles. The quantitative estimate of drug-likeness (QED) is 0.881. The van der Waals surface area contributed by atoms with Crippen LogP contribution in [0.4, 0.5) is 5.82 Å². The molecule has 0 saturated carbocycles. The Bertz CT molecular complexity index is 620. The first-order valence-electron chi connectivity index (χ1n) is 8.51. The van der Waals surface area contributed by atoms with Crippen molar-refractivity contribution in [3.8, 4) is 0 Å². The van der Waals surface area contributed by atoms with Gasteiger partial charge in [0.2, 0.25) is 0 Å². The number of aromatic nitrogens is 1. The number of benzene rings is 1. The third kappa shape index (κ3) is 4.49. The van der Waals surface area contributed by atoms with Gasteiger partial charge in [-0.1, -0.05) is 43.6 Å². The van der Waals surface area contributed by atoms with Crippen LogP contribution in [0, 0.1) is 11.8 Å². The molecule has 1 fully saturated rings. The van der Waals surface area contributed by atoms with Gasteiger partial charge in [-0.3, -0.25) is 0 Å². The summed E-state index contributed by atoms with van der Waals surface area (Å²) in [6.45, 7) is 6.86. The smallest absolute Gasteiger partial charge is 0.128 e. The fourth-order valence-electron chi connectivity index (χ4n) is 3.54. The average Bonchev–Trinajstić information content (AvgIpc) is 2.64. The summed E-state index contributed by atoms with van der Waals surface area (Å²) in [5, 5.41) is 7.83. The minimum absolute atomic E-state index is 0.500. The molecule has 1 saturated heterocycles. The van der Waals surface area contributed by atoms with Crippen molar-refractivity contribution in [3.63, 3.8) is 0 Å². The zero-order chi connectivity index (χ0) is 17.5. The highest BCUT2D eigenvalue weighted by molar-refractivity contribution is 6.30. The number of rotatable bonds is 3. The molecule has 2 heterocycles. The summed E-state index contributed by atoms with van der Waals surface area (Å²) < 4.78 is 0. The van der Waals surface area contributed by atoms with Gasteiger partial charge in [-0.25, -0.2) is 4.98 Å². The van der Waals surface area contributed by atoms with Crippen LogP contribution in [0.3, 0.4) is 0 Å². The van der Waals surface area contributed by atoms with E-state index in [2.05, 4.69) is 54.1 Å². The Labute approximate surface area is 150 Å². The highest BCUT2D eigenvalue weighted by atomic mass is 35.5. The third-order valence-corrected chi connectivity index (χ3v) is 5.24. The minimum Gasteiger partial charge on any atom is -0.400 e. The first kappa shape index (κ1) is 18.8. The molecule has 1 aliphatic rings. The fourth-order valence-corrected chi connectivity index (χ4v) is 3.73. The monoisotopic (exact) mass is 346 g/mol. The summed E-state index contributed by atoms with van der Waals surface area (Å²) in [6, 6.07) is 14.5. The normalized spacial score (nSPS) is 21.6. The number of pyridine rings is 1. The zero-order valence-corrected chi connectivity index (χ0v) is 15.4. The minimum atomic E-state index is 0.500. The van der Waals surface area contributed by atoms with E-state index in [1.165, 1.54) is 12.0 Å². The molecule has 24 heavy (non-hydrogen) atoms. The lowest BCUT2D eigenvalue weighted by atomic mass is 9.76. The molecule has 3 nitrogen and oxygen atoms in total. The summed E-state index contributed by atoms with van der Waals surface area (Å²) in [5.74, 6) is 2.93. The molecule has 3 unspecified atom stereocenters. The number of nitrogens with zero attached hydrogens (tertiary/aromatic N) is 2. The van der Waals surface area contributed by atoms with Gasteiger partial charge >= 0.3 is 0 Å². The van der Waals surface area contributed by atoms with Crippen LogP contribution in [-0.4, -0.2) is 30.3 Å². The molecule has 3 atom stereocenters. The van der Waals surface area contributed by atoms with Crippen molar-refractivity contribution in [2.75, 3.05) is 25.1 Å². The number of piperidine rings is 1. The lowest BCUT2D eigenvalue weighted by Crippen LogP contribution is -2.42. The molecule has 0 spiro atoms. The number of halogens is 1. The largest absolute Gasteiger partial charge is 0.400 e. The van der Waals surface area contributed by atoms with E-state index in [1.807, 2.05) is 18.3 Å². The Kier molecular flexibility index (Phi) is 7.07. The van der Waals surface area contributed by atoms with Crippen molar-refractivity contribution in [1.29, 1.82) is 0 Å². The molecule has 4 heteroatoms. The van der Waals surface area contributed by atoms with Gasteiger partial charge in [-0.15, -0.1) is 0 Å². The van der Waals surface area contributed by atoms with Crippen LogP contribution in [0.15, 0.2) is 48.7 Å². The highest BCUT2D eigenvalue weighted by Gasteiger charge is 2.31. The van der Waals surface area contributed by atoms with Crippen LogP contribution in [-0.2, 0) is 0 Å². The SMILES string of the molecule is CC1CCN(c2ccccn2)CC1C(C)c1cccc(Cl)c1.CO. The molecule has 0 bridgehead atoms. The second-order valence-corrected chi connectivity index (χ2v) is 6.84. The van der Waals surface area contributed by atoms with Crippen molar-refractivity contribution in [3.05, 3.63) is 59.2 Å². The maximum absolute atomic E-state index is 7.00. The summed E-state index contributed by atoms with van der Waals surface area (Å²) in [5.41, 5.74) is 1.34. The van der Waals surface area contributed by atoms with E-state index in [9.17, 15) is 0 Å². The van der Waals surface area contributed by atoms with Gasteiger partial charge in [0.25, 0.3) is 0 Å². The topological polar surface area (TPSA) is 36.4 Å². The van der Waals surface area contributed by atoms with Crippen LogP contribution in [0.2, 0.25) is 5.02 Å². The molecule has 1 aromatic heterocycles. The van der Waals surface area contributed by atoms with Gasteiger partial charge in [-0.2, -0.15) is 0 Å². The Balaban J connectivity index is 0.00000100. The van der Waals surface area contributed by atoms with Gasteiger partial charge in [-0.05, 0) is 54.0 Å². The molecule has 3 rings (SSSR count). The van der Waals surface area contributed by atoms with Crippen molar-refractivity contribution in [2.24, 2.45) is 11.8 Å². The first-order valence-corrected chi connectivity index (χ1v) is 8.89. The molecular formula is C20H27ClN2O. The lowest BCUT2D eigenvalue weighted by molar-refractivity contribution is 0.263. The van der Waals surface area contributed by atoms with Gasteiger partial charge in [0.05, 0.1) is 0 Å². The van der Waals surface area contributed by atoms with E-state index in [-0.39, 0.29) is 0 Å². The van der Waals surface area contributed by atoms with Crippen LogP contribution in [0.25, 0.3) is 0 Å². The van der Waals surface area contributed by atoms with Gasteiger partial charge in [0.15, 0.2) is 0 Å². The van der Waals surface area contributed by atoms with Crippen LogP contribution in [0.5, 0.6) is 0 Å². The maximum Gasteiger partial charge on any atom is 0.128 e. The van der Waals surface area contributed by atoms with Crippen LogP contribution >= 0.6 is 11.6 Å². The predicted octanol–water partition coefficient (Wildman–Crippen LogP) is 4.61. The van der Waals surface area contributed by atoms with E-state index in [0.717, 1.165) is 31.0 Å². The molecule has 0 amide bonds. The summed E-state index contributed by atoms with van der Waals surface area (Å²) in [6.07, 6.45) is 3.09. The van der Waals surface area contributed by atoms with Crippen molar-refractivity contribution in [1.82, 2.24) is 4.98 Å². The van der Waals surface area contributed by atoms with Crippen molar-refractivity contribution in [2.45, 2.75) is 26.2 Å². The van der Waals surface area contributed by atoms with Crippen LogP contribution < -0.4 is 4.90 Å². The molecule has 130 valence electrons. The van der Waals surface area contributed by atoms with Crippen molar-refractivity contribution < 1.29 is 5.11 Å². The Morgan fingerprint density at radius 1 is 1.21 bits per heavy atom. The molecule has 0 aliphatic carbocycles. The van der Waals surface area contributed by atoms with Gasteiger partial charge < -0.3 is 10.0 Å². The lowest BCUT2D eigenvalue weighted by Gasteiger charge is -2.41. The number of hydrogen-bond acceptors (Lipinski definition) is 3.